The van der Waals surface area contributed by atoms with Gasteiger partial charge < -0.3 is 5.32 Å². The van der Waals surface area contributed by atoms with Crippen LogP contribution in [0.1, 0.15) is 52.7 Å². The molecule has 2 aromatic carbocycles. The molecule has 0 bridgehead atoms. The molecule has 3 rings (SSSR count). The summed E-state index contributed by atoms with van der Waals surface area (Å²) >= 11 is 8.13. The van der Waals surface area contributed by atoms with Crippen molar-refractivity contribution in [2.75, 3.05) is 5.32 Å². The Morgan fingerprint density at radius 1 is 0.840 bits per heavy atom. The van der Waals surface area contributed by atoms with E-state index in [1.807, 2.05) is 6.07 Å². The summed E-state index contributed by atoms with van der Waals surface area (Å²) in [7, 11) is 0. The van der Waals surface area contributed by atoms with E-state index in [9.17, 15) is 0 Å². The summed E-state index contributed by atoms with van der Waals surface area (Å²) < 4.78 is 1.30. The molecule has 0 fully saturated rings. The molecule has 0 unspecified atom stereocenters. The molecule has 0 saturated heterocycles. The van der Waals surface area contributed by atoms with E-state index in [1.54, 1.807) is 11.3 Å². The maximum absolute atomic E-state index is 6.36. The average Bonchev–Trinajstić information content (AvgIpc) is 2.87. The fourth-order valence-electron chi connectivity index (χ4n) is 2.84. The van der Waals surface area contributed by atoms with Gasteiger partial charge in [-0.2, -0.15) is 0 Å². The topological polar surface area (TPSA) is 12.0 Å². The molecule has 3 heteroatoms. The summed E-state index contributed by atoms with van der Waals surface area (Å²) in [4.78, 5) is 0. The van der Waals surface area contributed by atoms with Gasteiger partial charge in [0.1, 0.15) is 0 Å². The SMILES string of the molecule is CC(C)(C)c1cc(Cl)cc(Nc2csc3ccc(C(C)(C)C)cc23)c1. The van der Waals surface area contributed by atoms with Crippen molar-refractivity contribution in [2.24, 2.45) is 0 Å². The van der Waals surface area contributed by atoms with Crippen molar-refractivity contribution in [1.29, 1.82) is 0 Å². The Kier molecular flexibility index (Phi) is 4.63. The number of nitrogens with one attached hydrogen (secondary N) is 1. The van der Waals surface area contributed by atoms with E-state index < -0.39 is 0 Å². The third-order valence-electron chi connectivity index (χ3n) is 4.48. The molecule has 1 heterocycles. The molecule has 0 aliphatic rings. The standard InChI is InChI=1S/C22H26ClNS/c1-21(2,3)14-7-8-20-18(11-14)19(13-25-20)24-17-10-15(22(4,5)6)9-16(23)12-17/h7-13,24H,1-6H3. The number of fused-ring (bicyclic) bond motifs is 1. The van der Waals surface area contributed by atoms with Crippen LogP contribution >= 0.6 is 22.9 Å². The zero-order valence-electron chi connectivity index (χ0n) is 15.8. The lowest BCUT2D eigenvalue weighted by molar-refractivity contribution is 0.590. The summed E-state index contributed by atoms with van der Waals surface area (Å²) in [5.74, 6) is 0. The number of anilines is 2. The van der Waals surface area contributed by atoms with Gasteiger partial charge in [0.25, 0.3) is 0 Å². The third-order valence-corrected chi connectivity index (χ3v) is 5.66. The molecular weight excluding hydrogens is 346 g/mol. The quantitative estimate of drug-likeness (QED) is 0.482. The highest BCUT2D eigenvalue weighted by Crippen LogP contribution is 2.37. The van der Waals surface area contributed by atoms with Crippen LogP contribution in [-0.2, 0) is 10.8 Å². The van der Waals surface area contributed by atoms with Crippen molar-refractivity contribution in [2.45, 2.75) is 52.4 Å². The first-order valence-corrected chi connectivity index (χ1v) is 9.90. The molecule has 0 saturated carbocycles. The molecule has 0 atom stereocenters. The Morgan fingerprint density at radius 2 is 1.52 bits per heavy atom. The van der Waals surface area contributed by atoms with Gasteiger partial charge in [0, 0.05) is 26.2 Å². The average molecular weight is 372 g/mol. The first-order valence-electron chi connectivity index (χ1n) is 8.64. The first-order chi connectivity index (χ1) is 11.5. The normalized spacial score (nSPS) is 12.6. The van der Waals surface area contributed by atoms with Crippen LogP contribution in [-0.4, -0.2) is 0 Å². The zero-order chi connectivity index (χ0) is 18.4. The van der Waals surface area contributed by atoms with Gasteiger partial charge in [0.05, 0.1) is 5.69 Å². The predicted octanol–water partition coefficient (Wildman–Crippen LogP) is 7.89. The third kappa shape index (κ3) is 4.02. The van der Waals surface area contributed by atoms with Crippen molar-refractivity contribution >= 4 is 44.4 Å². The summed E-state index contributed by atoms with van der Waals surface area (Å²) in [6, 6.07) is 13.0. The lowest BCUT2D eigenvalue weighted by atomic mass is 9.86. The van der Waals surface area contributed by atoms with Crippen molar-refractivity contribution < 1.29 is 0 Å². The molecule has 0 aliphatic carbocycles. The van der Waals surface area contributed by atoms with Crippen LogP contribution in [0.2, 0.25) is 5.02 Å². The second-order valence-corrected chi connectivity index (χ2v) is 10.1. The zero-order valence-corrected chi connectivity index (χ0v) is 17.4. The lowest BCUT2D eigenvalue weighted by Gasteiger charge is -2.21. The highest BCUT2D eigenvalue weighted by Gasteiger charge is 2.17. The van der Waals surface area contributed by atoms with Gasteiger partial charge in [-0.05, 0) is 52.3 Å². The number of thiophene rings is 1. The molecule has 1 nitrogen and oxygen atoms in total. The first kappa shape index (κ1) is 18.3. The minimum Gasteiger partial charge on any atom is -0.354 e. The summed E-state index contributed by atoms with van der Waals surface area (Å²) in [5, 5.41) is 7.82. The van der Waals surface area contributed by atoms with Crippen LogP contribution in [0, 0.1) is 0 Å². The molecular formula is C22H26ClNS. The Labute approximate surface area is 160 Å². The monoisotopic (exact) mass is 371 g/mol. The maximum Gasteiger partial charge on any atom is 0.0573 e. The van der Waals surface area contributed by atoms with Crippen molar-refractivity contribution in [3.8, 4) is 0 Å². The number of hydrogen-bond acceptors (Lipinski definition) is 2. The summed E-state index contributed by atoms with van der Waals surface area (Å²) in [6.07, 6.45) is 0. The van der Waals surface area contributed by atoms with Crippen LogP contribution in [0.15, 0.2) is 41.8 Å². The minimum atomic E-state index is 0.0669. The van der Waals surface area contributed by atoms with Crippen molar-refractivity contribution in [3.05, 3.63) is 57.9 Å². The van der Waals surface area contributed by atoms with E-state index in [1.165, 1.54) is 21.2 Å². The summed E-state index contributed by atoms with van der Waals surface area (Å²) in [6.45, 7) is 13.4. The van der Waals surface area contributed by atoms with Crippen LogP contribution in [0.25, 0.3) is 10.1 Å². The van der Waals surface area contributed by atoms with E-state index >= 15 is 0 Å². The second-order valence-electron chi connectivity index (χ2n) is 8.71. The fourth-order valence-corrected chi connectivity index (χ4v) is 3.95. The largest absolute Gasteiger partial charge is 0.354 e. The van der Waals surface area contributed by atoms with Gasteiger partial charge in [0.15, 0.2) is 0 Å². The number of benzene rings is 2. The van der Waals surface area contributed by atoms with Crippen LogP contribution in [0.3, 0.4) is 0 Å². The molecule has 0 aliphatic heterocycles. The van der Waals surface area contributed by atoms with Crippen LogP contribution in [0.4, 0.5) is 11.4 Å². The molecule has 0 amide bonds. The van der Waals surface area contributed by atoms with E-state index in [0.29, 0.717) is 0 Å². The molecule has 1 N–H and O–H groups in total. The molecule has 0 spiro atoms. The number of hydrogen-bond donors (Lipinski definition) is 1. The van der Waals surface area contributed by atoms with Gasteiger partial charge in [-0.25, -0.2) is 0 Å². The van der Waals surface area contributed by atoms with E-state index in [2.05, 4.69) is 82.6 Å². The van der Waals surface area contributed by atoms with Gasteiger partial charge in [0.2, 0.25) is 0 Å². The maximum atomic E-state index is 6.36. The highest BCUT2D eigenvalue weighted by atomic mass is 35.5. The molecule has 25 heavy (non-hydrogen) atoms. The van der Waals surface area contributed by atoms with Gasteiger partial charge in [-0.15, -0.1) is 11.3 Å². The van der Waals surface area contributed by atoms with Crippen LogP contribution in [0.5, 0.6) is 0 Å². The molecule has 0 radical (unpaired) electrons. The summed E-state index contributed by atoms with van der Waals surface area (Å²) in [5.41, 5.74) is 4.98. The fraction of sp³-hybridized carbons (Fsp3) is 0.364. The van der Waals surface area contributed by atoms with Gasteiger partial charge >= 0.3 is 0 Å². The van der Waals surface area contributed by atoms with Crippen LogP contribution < -0.4 is 5.32 Å². The number of halogens is 1. The Balaban J connectivity index is 2.02. The van der Waals surface area contributed by atoms with E-state index in [4.69, 9.17) is 11.6 Å². The molecule has 3 aromatic rings. The van der Waals surface area contributed by atoms with Crippen molar-refractivity contribution in [3.63, 3.8) is 0 Å². The highest BCUT2D eigenvalue weighted by molar-refractivity contribution is 7.17. The second kappa shape index (κ2) is 6.34. The number of rotatable bonds is 2. The van der Waals surface area contributed by atoms with Gasteiger partial charge in [-0.1, -0.05) is 59.2 Å². The predicted molar refractivity (Wildman–Crippen MR) is 114 cm³/mol. The lowest BCUT2D eigenvalue weighted by Crippen LogP contribution is -2.11. The Bertz CT molecular complexity index is 910. The molecule has 132 valence electrons. The van der Waals surface area contributed by atoms with Crippen molar-refractivity contribution in [1.82, 2.24) is 0 Å². The van der Waals surface area contributed by atoms with E-state index in [-0.39, 0.29) is 10.8 Å². The minimum absolute atomic E-state index is 0.0669. The molecule has 1 aromatic heterocycles. The van der Waals surface area contributed by atoms with E-state index in [0.717, 1.165) is 16.4 Å². The Hall–Kier alpha value is -1.51. The van der Waals surface area contributed by atoms with Gasteiger partial charge in [-0.3, -0.25) is 0 Å². The smallest absolute Gasteiger partial charge is 0.0573 e. The Morgan fingerprint density at radius 3 is 2.16 bits per heavy atom.